The van der Waals surface area contributed by atoms with Gasteiger partial charge < -0.3 is 14.5 Å². The number of nitrogens with zero attached hydrogens (tertiary/aromatic N) is 4. The Morgan fingerprint density at radius 1 is 1.32 bits per heavy atom. The molecular weight excluding hydrogens is 300 g/mol. The lowest BCUT2D eigenvalue weighted by atomic mass is 10.1. The van der Waals surface area contributed by atoms with Crippen LogP contribution in [0.1, 0.15) is 11.7 Å². The minimum absolute atomic E-state index is 0.00483. The summed E-state index contributed by atoms with van der Waals surface area (Å²) in [6.07, 6.45) is 1.80. The molecule has 1 aliphatic rings. The Kier molecular flexibility index (Phi) is 4.45. The minimum Gasteiger partial charge on any atom is -0.370 e. The van der Waals surface area contributed by atoms with Gasteiger partial charge in [-0.1, -0.05) is 23.7 Å². The highest BCUT2D eigenvalue weighted by molar-refractivity contribution is 6.30. The maximum Gasteiger partial charge on any atom is 0.226 e. The number of aromatic nitrogens is 2. The van der Waals surface area contributed by atoms with E-state index in [2.05, 4.69) is 14.9 Å². The molecule has 116 valence electrons. The zero-order chi connectivity index (χ0) is 15.5. The highest BCUT2D eigenvalue weighted by Crippen LogP contribution is 2.27. The highest BCUT2D eigenvalue weighted by Gasteiger charge is 2.23. The van der Waals surface area contributed by atoms with E-state index in [9.17, 15) is 0 Å². The van der Waals surface area contributed by atoms with Gasteiger partial charge in [0.2, 0.25) is 5.95 Å². The first-order valence-corrected chi connectivity index (χ1v) is 7.63. The van der Waals surface area contributed by atoms with Crippen LogP contribution >= 0.6 is 11.6 Å². The quantitative estimate of drug-likeness (QED) is 0.870. The maximum atomic E-state index is 6.08. The summed E-state index contributed by atoms with van der Waals surface area (Å²) >= 11 is 6.08. The van der Waals surface area contributed by atoms with Crippen molar-refractivity contribution in [1.82, 2.24) is 9.97 Å². The molecule has 0 saturated carbocycles. The molecule has 0 N–H and O–H groups in total. The fraction of sp³-hybridized carbons (Fsp3) is 0.375. The first-order valence-electron chi connectivity index (χ1n) is 7.26. The van der Waals surface area contributed by atoms with Crippen LogP contribution in [0.15, 0.2) is 36.5 Å². The Balaban J connectivity index is 1.79. The van der Waals surface area contributed by atoms with Crippen LogP contribution in [0.3, 0.4) is 0 Å². The molecule has 2 heterocycles. The number of anilines is 2. The Hall–Kier alpha value is -1.85. The van der Waals surface area contributed by atoms with Crippen LogP contribution < -0.4 is 9.80 Å². The van der Waals surface area contributed by atoms with Crippen LogP contribution in [0.2, 0.25) is 5.02 Å². The monoisotopic (exact) mass is 318 g/mol. The second kappa shape index (κ2) is 6.50. The summed E-state index contributed by atoms with van der Waals surface area (Å²) in [6.45, 7) is 2.24. The van der Waals surface area contributed by atoms with Crippen LogP contribution in [-0.2, 0) is 4.74 Å². The lowest BCUT2D eigenvalue weighted by molar-refractivity contribution is 0.0395. The Labute approximate surface area is 135 Å². The van der Waals surface area contributed by atoms with Crippen molar-refractivity contribution >= 4 is 23.4 Å². The molecule has 1 atom stereocenters. The third-order valence-corrected chi connectivity index (χ3v) is 3.87. The first-order chi connectivity index (χ1) is 10.6. The zero-order valence-electron chi connectivity index (χ0n) is 12.7. The normalized spacial score (nSPS) is 18.3. The van der Waals surface area contributed by atoms with Crippen molar-refractivity contribution in [2.45, 2.75) is 6.10 Å². The van der Waals surface area contributed by atoms with Crippen LogP contribution in [0, 0.1) is 0 Å². The van der Waals surface area contributed by atoms with Crippen molar-refractivity contribution in [3.63, 3.8) is 0 Å². The van der Waals surface area contributed by atoms with Gasteiger partial charge in [0.25, 0.3) is 0 Å². The van der Waals surface area contributed by atoms with Gasteiger partial charge >= 0.3 is 0 Å². The summed E-state index contributed by atoms with van der Waals surface area (Å²) in [7, 11) is 3.88. The van der Waals surface area contributed by atoms with Gasteiger partial charge in [0.05, 0.1) is 6.61 Å². The van der Waals surface area contributed by atoms with E-state index in [4.69, 9.17) is 16.3 Å². The zero-order valence-corrected chi connectivity index (χ0v) is 13.5. The van der Waals surface area contributed by atoms with E-state index in [0.717, 1.165) is 29.5 Å². The van der Waals surface area contributed by atoms with Crippen LogP contribution in [0.5, 0.6) is 0 Å². The predicted molar refractivity (Wildman–Crippen MR) is 88.7 cm³/mol. The maximum absolute atomic E-state index is 6.08. The predicted octanol–water partition coefficient (Wildman–Crippen LogP) is 2.77. The van der Waals surface area contributed by atoms with Gasteiger partial charge in [-0.3, -0.25) is 0 Å². The Morgan fingerprint density at radius 2 is 2.18 bits per heavy atom. The molecule has 1 unspecified atom stereocenters. The van der Waals surface area contributed by atoms with E-state index in [1.807, 2.05) is 49.3 Å². The minimum atomic E-state index is 0.00483. The lowest BCUT2D eigenvalue weighted by Crippen LogP contribution is -2.39. The van der Waals surface area contributed by atoms with Gasteiger partial charge in [-0.15, -0.1) is 0 Å². The van der Waals surface area contributed by atoms with E-state index in [1.165, 1.54) is 0 Å². The van der Waals surface area contributed by atoms with Crippen molar-refractivity contribution in [3.05, 3.63) is 47.1 Å². The molecule has 0 amide bonds. The third-order valence-electron chi connectivity index (χ3n) is 3.64. The second-order valence-electron chi connectivity index (χ2n) is 5.47. The largest absolute Gasteiger partial charge is 0.370 e. The molecule has 1 aromatic carbocycles. The topological polar surface area (TPSA) is 41.5 Å². The first kappa shape index (κ1) is 15.1. The second-order valence-corrected chi connectivity index (χ2v) is 5.91. The van der Waals surface area contributed by atoms with E-state index in [0.29, 0.717) is 12.6 Å². The van der Waals surface area contributed by atoms with Crippen LogP contribution in [0.4, 0.5) is 11.8 Å². The smallest absolute Gasteiger partial charge is 0.226 e. The number of halogens is 1. The van der Waals surface area contributed by atoms with Crippen LogP contribution in [-0.4, -0.2) is 43.8 Å². The molecule has 1 aliphatic heterocycles. The Morgan fingerprint density at radius 3 is 2.95 bits per heavy atom. The van der Waals surface area contributed by atoms with Gasteiger partial charge in [-0.05, 0) is 23.8 Å². The molecule has 3 rings (SSSR count). The van der Waals surface area contributed by atoms with Crippen molar-refractivity contribution in [3.8, 4) is 0 Å². The number of morpholine rings is 1. The van der Waals surface area contributed by atoms with E-state index < -0.39 is 0 Å². The van der Waals surface area contributed by atoms with Crippen molar-refractivity contribution in [2.75, 3.05) is 43.6 Å². The standard InChI is InChI=1S/C16H19ClN4O/c1-20(2)16-18-7-6-15(19-16)21-8-9-22-14(11-21)12-4-3-5-13(17)10-12/h3-7,10,14H,8-9,11H2,1-2H3. The van der Waals surface area contributed by atoms with Gasteiger partial charge in [-0.25, -0.2) is 4.98 Å². The molecule has 2 aromatic rings. The van der Waals surface area contributed by atoms with Crippen LogP contribution in [0.25, 0.3) is 0 Å². The molecule has 5 nitrogen and oxygen atoms in total. The summed E-state index contributed by atoms with van der Waals surface area (Å²) in [5, 5.41) is 0.732. The summed E-state index contributed by atoms with van der Waals surface area (Å²) in [5.41, 5.74) is 1.10. The summed E-state index contributed by atoms with van der Waals surface area (Å²) in [5.74, 6) is 1.64. The number of hydrogen-bond acceptors (Lipinski definition) is 5. The van der Waals surface area contributed by atoms with E-state index >= 15 is 0 Å². The molecule has 0 bridgehead atoms. The fourth-order valence-corrected chi connectivity index (χ4v) is 2.70. The molecule has 6 heteroatoms. The average Bonchev–Trinajstić information content (AvgIpc) is 2.55. The molecule has 0 spiro atoms. The fourth-order valence-electron chi connectivity index (χ4n) is 2.50. The number of rotatable bonds is 3. The van der Waals surface area contributed by atoms with Gasteiger partial charge in [-0.2, -0.15) is 4.98 Å². The average molecular weight is 319 g/mol. The van der Waals surface area contributed by atoms with E-state index in [1.54, 1.807) is 6.20 Å². The molecule has 1 fully saturated rings. The van der Waals surface area contributed by atoms with E-state index in [-0.39, 0.29) is 6.10 Å². The van der Waals surface area contributed by atoms with Gasteiger partial charge in [0.15, 0.2) is 0 Å². The SMILES string of the molecule is CN(C)c1nccc(N2CCOC(c3cccc(Cl)c3)C2)n1. The molecule has 0 aliphatic carbocycles. The molecule has 22 heavy (non-hydrogen) atoms. The highest BCUT2D eigenvalue weighted by atomic mass is 35.5. The van der Waals surface area contributed by atoms with Crippen molar-refractivity contribution < 1.29 is 4.74 Å². The lowest BCUT2D eigenvalue weighted by Gasteiger charge is -2.34. The number of ether oxygens (including phenoxy) is 1. The van der Waals surface area contributed by atoms with Crippen molar-refractivity contribution in [2.24, 2.45) is 0 Å². The third kappa shape index (κ3) is 3.31. The molecule has 0 radical (unpaired) electrons. The molecular formula is C16H19ClN4O. The van der Waals surface area contributed by atoms with Crippen molar-refractivity contribution in [1.29, 1.82) is 0 Å². The molecule has 1 saturated heterocycles. The number of benzene rings is 1. The summed E-state index contributed by atoms with van der Waals surface area (Å²) in [6, 6.07) is 9.77. The number of hydrogen-bond donors (Lipinski definition) is 0. The Bertz CT molecular complexity index is 650. The molecule has 1 aromatic heterocycles. The van der Waals surface area contributed by atoms with Gasteiger partial charge in [0.1, 0.15) is 11.9 Å². The summed E-state index contributed by atoms with van der Waals surface area (Å²) < 4.78 is 5.89. The van der Waals surface area contributed by atoms with Gasteiger partial charge in [0, 0.05) is 38.4 Å². The summed E-state index contributed by atoms with van der Waals surface area (Å²) in [4.78, 5) is 13.0.